The number of phenolic OH excluding ortho intramolecular Hbond substituents is 2. The number of hydrogen-bond acceptors (Lipinski definition) is 2. The van der Waals surface area contributed by atoms with Crippen molar-refractivity contribution in [2.45, 2.75) is 159 Å². The van der Waals surface area contributed by atoms with Crippen LogP contribution in [0.5, 0.6) is 11.5 Å². The van der Waals surface area contributed by atoms with Crippen LogP contribution >= 0.6 is 0 Å². The number of benzene rings is 6. The lowest BCUT2D eigenvalue weighted by molar-refractivity contribution is 0.474. The van der Waals surface area contributed by atoms with Crippen LogP contribution in [-0.4, -0.2) is 78.7 Å². The van der Waals surface area contributed by atoms with Crippen molar-refractivity contribution in [3.05, 3.63) is 168 Å². The molecule has 2 atom stereocenters. The van der Waals surface area contributed by atoms with Crippen molar-refractivity contribution in [2.24, 2.45) is 0 Å². The lowest BCUT2D eigenvalue weighted by Gasteiger charge is -2.18. The topological polar surface area (TPSA) is 40.5 Å². The number of phenols is 2. The minimum Gasteiger partial charge on any atom is -0.508 e. The van der Waals surface area contributed by atoms with Crippen molar-refractivity contribution >= 4 is 65.4 Å². The van der Waals surface area contributed by atoms with E-state index in [1.165, 1.54) is 167 Å². The Morgan fingerprint density at radius 3 is 1.12 bits per heavy atom. The first kappa shape index (κ1) is 59.7. The fraction of sp³-hybridized carbons (Fsp3) is 0.463. The Hall–Kier alpha value is -2.98. The zero-order valence-electron chi connectivity index (χ0n) is 46.6. The molecule has 8 heteroatoms. The van der Waals surface area contributed by atoms with Gasteiger partial charge in [-0.3, -0.25) is 0 Å². The molecule has 75 heavy (non-hydrogen) atoms. The van der Waals surface area contributed by atoms with E-state index in [1.54, 1.807) is 31.7 Å². The van der Waals surface area contributed by atoms with E-state index < -0.39 is 0 Å². The Labute approximate surface area is 473 Å². The van der Waals surface area contributed by atoms with Gasteiger partial charge in [0.15, 0.2) is 29.4 Å². The average molecular weight is 1120 g/mol. The maximum Gasteiger partial charge on any atom is 0.158 e. The van der Waals surface area contributed by atoms with E-state index in [4.69, 9.17) is 5.11 Å². The molecule has 6 aliphatic heterocycles. The number of rotatable bonds is 6. The smallest absolute Gasteiger partial charge is 0.158 e. The molecule has 0 aliphatic carbocycles. The van der Waals surface area contributed by atoms with E-state index in [0.29, 0.717) is 76.9 Å². The Kier molecular flexibility index (Phi) is 25.1. The molecule has 0 aromatic heterocycles. The summed E-state index contributed by atoms with van der Waals surface area (Å²) in [4.78, 5) is 9.20. The maximum absolute atomic E-state index is 9.28. The van der Waals surface area contributed by atoms with Gasteiger partial charge in [-0.1, -0.05) is 87.0 Å². The fourth-order valence-electron chi connectivity index (χ4n) is 10.3. The molecule has 0 radical (unpaired) electrons. The van der Waals surface area contributed by atoms with Crippen LogP contribution in [0.25, 0.3) is 0 Å². The highest BCUT2D eigenvalue weighted by molar-refractivity contribution is 7.98. The number of aromatic hydroxyl groups is 2. The summed E-state index contributed by atoms with van der Waals surface area (Å²) < 4.78 is 0. The second-order valence-corrected chi connectivity index (χ2v) is 35.7. The minimum absolute atomic E-state index is 0.289. The Balaban J connectivity index is 0.000000132. The molecular weight excluding hydrogens is 1030 g/mol. The van der Waals surface area contributed by atoms with Crippen LogP contribution < -0.4 is 0 Å². The first-order valence-electron chi connectivity index (χ1n) is 28.3. The highest BCUT2D eigenvalue weighted by Gasteiger charge is 2.35. The van der Waals surface area contributed by atoms with Crippen LogP contribution in [-0.2, 0) is 70.8 Å². The van der Waals surface area contributed by atoms with Crippen LogP contribution in [0.2, 0.25) is 0 Å². The zero-order valence-corrected chi connectivity index (χ0v) is 51.5. The van der Waals surface area contributed by atoms with Crippen molar-refractivity contribution in [3.8, 4) is 11.5 Å². The Bertz CT molecular complexity index is 2420. The maximum atomic E-state index is 9.28. The lowest BCUT2D eigenvalue weighted by atomic mass is 9.87. The van der Waals surface area contributed by atoms with Gasteiger partial charge in [0.1, 0.15) is 80.0 Å². The summed E-state index contributed by atoms with van der Waals surface area (Å²) in [6.45, 7) is 13.5. The van der Waals surface area contributed by atoms with E-state index in [-0.39, 0.29) is 5.41 Å². The molecule has 2 nitrogen and oxygen atoms in total. The van der Waals surface area contributed by atoms with Crippen molar-refractivity contribution in [2.75, 3.05) is 63.3 Å². The summed E-state index contributed by atoms with van der Waals surface area (Å²) in [6, 6.07) is 53.9. The van der Waals surface area contributed by atoms with Crippen molar-refractivity contribution in [3.63, 3.8) is 0 Å². The fourth-order valence-corrected chi connectivity index (χ4v) is 24.6. The normalized spacial score (nSPS) is 20.1. The van der Waals surface area contributed by atoms with E-state index in [1.807, 2.05) is 12.1 Å². The molecule has 12 rings (SSSR count). The summed E-state index contributed by atoms with van der Waals surface area (Å²) in [5.41, 5.74) is 4.37. The molecule has 0 spiro atoms. The van der Waals surface area contributed by atoms with Gasteiger partial charge < -0.3 is 10.2 Å². The van der Waals surface area contributed by atoms with Gasteiger partial charge in [0, 0.05) is 70.9 Å². The van der Waals surface area contributed by atoms with Gasteiger partial charge in [-0.25, -0.2) is 0 Å². The SMILES string of the molecule is CC(C)(C)c1ccc([S+]2CCCC2)cc1.CC1CCC[S+]1c1ccccc1.Cc1cc(O)ccc1[S+]1CCCC1.Cc1ccc([S+]2CCCC2)cc1.Oc1ccc([S+]2CCCC2)cc1.c1ccc([S+]2CCCC2)cc1. The van der Waals surface area contributed by atoms with Crippen LogP contribution in [0, 0.1) is 13.8 Å². The standard InChI is InChI=1S/C14H21S.C11H14OS.2C11H15S.C10H12OS.C10H13S/c1-14(2,3)12-6-8-13(9-7-12)15-10-4-5-11-15;1-9-8-10(12)4-5-11(9)13-6-2-3-7-13;1-10-4-6-11(7-5-10)12-8-2-3-9-12;1-10-6-5-9-12(10)11-7-3-2-4-8-11;11-9-3-5-10(6-4-9)12-7-1-2-8-12;1-2-6-10(7-3-1)11-8-4-5-9-11/h6-9H,4-5,10-11H2,1-3H3;4-5,8H,2-3,6-7H2,1H3;4-7H,2-3,8-9H2,1H3;2-4,7-8,10H,5-6,9H2,1H3;3-6H,1-2,7-8H2;1-3,6-7H,4-5,8-9H2/q+1;;2*+1;;+1/p+2. The molecule has 6 aliphatic rings. The quantitative estimate of drug-likeness (QED) is 0.163. The van der Waals surface area contributed by atoms with Crippen LogP contribution in [0.3, 0.4) is 0 Å². The summed E-state index contributed by atoms with van der Waals surface area (Å²) in [7, 11) is 3.32. The van der Waals surface area contributed by atoms with Crippen molar-refractivity contribution in [1.82, 2.24) is 0 Å². The molecule has 0 amide bonds. The summed E-state index contributed by atoms with van der Waals surface area (Å²) in [5.74, 6) is 16.2. The third-order valence-electron chi connectivity index (χ3n) is 14.8. The second-order valence-electron chi connectivity index (χ2n) is 21.8. The zero-order chi connectivity index (χ0) is 52.8. The van der Waals surface area contributed by atoms with Gasteiger partial charge in [-0.15, -0.1) is 0 Å². The number of hydrogen-bond donors (Lipinski definition) is 2. The monoisotopic (exact) mass is 1120 g/mol. The lowest BCUT2D eigenvalue weighted by Crippen LogP contribution is -2.12. The van der Waals surface area contributed by atoms with Crippen LogP contribution in [0.4, 0.5) is 0 Å². The van der Waals surface area contributed by atoms with Crippen LogP contribution in [0.1, 0.15) is 121 Å². The minimum atomic E-state index is 0.289. The molecule has 6 saturated heterocycles. The highest BCUT2D eigenvalue weighted by atomic mass is 32.2. The highest BCUT2D eigenvalue weighted by Crippen LogP contribution is 2.31. The predicted molar refractivity (Wildman–Crippen MR) is 342 cm³/mol. The van der Waals surface area contributed by atoms with E-state index >= 15 is 0 Å². The third-order valence-corrected chi connectivity index (χ3v) is 30.3. The van der Waals surface area contributed by atoms with Gasteiger partial charge in [0.05, 0.1) is 0 Å². The summed E-state index contributed by atoms with van der Waals surface area (Å²) in [6.07, 6.45) is 17.0. The van der Waals surface area contributed by atoms with E-state index in [9.17, 15) is 5.11 Å². The molecular formula is C67H92O2S6+6. The molecule has 2 unspecified atom stereocenters. The first-order valence-corrected chi connectivity index (χ1v) is 37.6. The van der Waals surface area contributed by atoms with Crippen molar-refractivity contribution < 1.29 is 10.2 Å². The Morgan fingerprint density at radius 1 is 0.373 bits per heavy atom. The molecule has 2 N–H and O–H groups in total. The summed E-state index contributed by atoms with van der Waals surface area (Å²) in [5, 5.41) is 19.3. The number of aryl methyl sites for hydroxylation is 2. The molecule has 402 valence electrons. The largest absolute Gasteiger partial charge is 0.508 e. The van der Waals surface area contributed by atoms with Gasteiger partial charge in [0.25, 0.3) is 0 Å². The second kappa shape index (κ2) is 31.6. The van der Waals surface area contributed by atoms with E-state index in [2.05, 4.69) is 169 Å². The van der Waals surface area contributed by atoms with Gasteiger partial charge >= 0.3 is 0 Å². The van der Waals surface area contributed by atoms with Gasteiger partial charge in [-0.05, 0) is 200 Å². The summed E-state index contributed by atoms with van der Waals surface area (Å²) >= 11 is 0. The molecule has 6 aromatic carbocycles. The Morgan fingerprint density at radius 2 is 0.733 bits per heavy atom. The average Bonchev–Trinajstić information content (AvgIpc) is 4.29. The molecule has 6 fully saturated rings. The molecule has 6 heterocycles. The first-order chi connectivity index (χ1) is 36.4. The van der Waals surface area contributed by atoms with Gasteiger partial charge in [-0.2, -0.15) is 0 Å². The molecule has 6 aromatic rings. The van der Waals surface area contributed by atoms with E-state index in [0.717, 1.165) is 5.25 Å². The van der Waals surface area contributed by atoms with Gasteiger partial charge in [0.2, 0.25) is 0 Å². The third kappa shape index (κ3) is 19.7. The van der Waals surface area contributed by atoms with Crippen molar-refractivity contribution in [1.29, 1.82) is 0 Å². The van der Waals surface area contributed by atoms with Crippen LogP contribution in [0.15, 0.2) is 181 Å². The molecule has 0 bridgehead atoms. The molecule has 0 saturated carbocycles. The predicted octanol–water partition coefficient (Wildman–Crippen LogP) is 16.5.